The SMILES string of the molecule is CC[NH+]1CCN(C(=O)[C@@H](C)[NH+](C)CC(=O)Nc2c(Cl)cccc2Cl)CC1. The van der Waals surface area contributed by atoms with E-state index in [4.69, 9.17) is 23.2 Å². The van der Waals surface area contributed by atoms with E-state index in [1.807, 2.05) is 18.9 Å². The van der Waals surface area contributed by atoms with Crippen LogP contribution in [0.4, 0.5) is 5.69 Å². The van der Waals surface area contributed by atoms with Crippen molar-refractivity contribution in [2.75, 3.05) is 51.6 Å². The standard InChI is InChI=1S/C18H26Cl2N4O2/c1-4-23-8-10-24(11-9-23)18(26)13(2)22(3)12-16(25)21-17-14(19)6-5-7-15(17)20/h5-7,13H,4,8-12H2,1-3H3,(H,21,25)/p+2/t13-/m1/s1. The summed E-state index contributed by atoms with van der Waals surface area (Å²) in [5.41, 5.74) is 0.409. The number of rotatable bonds is 6. The average molecular weight is 403 g/mol. The predicted octanol–water partition coefficient (Wildman–Crippen LogP) is -0.418. The summed E-state index contributed by atoms with van der Waals surface area (Å²) >= 11 is 12.2. The van der Waals surface area contributed by atoms with Gasteiger partial charge in [0.15, 0.2) is 12.6 Å². The second kappa shape index (κ2) is 9.55. The predicted molar refractivity (Wildman–Crippen MR) is 104 cm³/mol. The molecule has 0 bridgehead atoms. The largest absolute Gasteiger partial charge is 0.332 e. The number of nitrogens with zero attached hydrogens (tertiary/aromatic N) is 1. The van der Waals surface area contributed by atoms with Crippen molar-refractivity contribution in [3.63, 3.8) is 0 Å². The molecule has 2 rings (SSSR count). The minimum Gasteiger partial charge on any atom is -0.332 e. The zero-order valence-electron chi connectivity index (χ0n) is 15.6. The second-order valence-corrected chi connectivity index (χ2v) is 7.63. The molecule has 1 aromatic carbocycles. The lowest BCUT2D eigenvalue weighted by molar-refractivity contribution is -0.903. The summed E-state index contributed by atoms with van der Waals surface area (Å²) in [6.45, 7) is 8.81. The smallest absolute Gasteiger partial charge is 0.280 e. The molecule has 0 aromatic heterocycles. The molecule has 26 heavy (non-hydrogen) atoms. The fourth-order valence-electron chi connectivity index (χ4n) is 3.09. The molecule has 3 N–H and O–H groups in total. The van der Waals surface area contributed by atoms with Crippen molar-refractivity contribution in [1.82, 2.24) is 4.90 Å². The fourth-order valence-corrected chi connectivity index (χ4v) is 3.58. The van der Waals surface area contributed by atoms with Gasteiger partial charge in [-0.2, -0.15) is 0 Å². The van der Waals surface area contributed by atoms with Crippen LogP contribution in [0.15, 0.2) is 18.2 Å². The number of quaternary nitrogens is 2. The van der Waals surface area contributed by atoms with Gasteiger partial charge in [-0.15, -0.1) is 0 Å². The topological polar surface area (TPSA) is 58.3 Å². The molecular formula is C18H28Cl2N4O2+2. The third-order valence-corrected chi connectivity index (χ3v) is 5.69. The first-order valence-corrected chi connectivity index (χ1v) is 9.77. The molecule has 1 aliphatic heterocycles. The van der Waals surface area contributed by atoms with E-state index in [0.717, 1.165) is 37.6 Å². The monoisotopic (exact) mass is 402 g/mol. The molecular weight excluding hydrogens is 375 g/mol. The van der Waals surface area contributed by atoms with Crippen LogP contribution in [-0.2, 0) is 9.59 Å². The maximum absolute atomic E-state index is 12.7. The minimum atomic E-state index is -0.286. The van der Waals surface area contributed by atoms with Gasteiger partial charge in [-0.3, -0.25) is 9.59 Å². The second-order valence-electron chi connectivity index (χ2n) is 6.82. The van der Waals surface area contributed by atoms with Crippen LogP contribution in [-0.4, -0.2) is 69.1 Å². The van der Waals surface area contributed by atoms with Crippen LogP contribution in [0.25, 0.3) is 0 Å². The zero-order valence-corrected chi connectivity index (χ0v) is 17.1. The molecule has 1 heterocycles. The lowest BCUT2D eigenvalue weighted by atomic mass is 10.2. The first-order valence-electron chi connectivity index (χ1n) is 9.02. The Balaban J connectivity index is 1.89. The molecule has 0 saturated carbocycles. The van der Waals surface area contributed by atoms with Crippen molar-refractivity contribution in [2.45, 2.75) is 19.9 Å². The Morgan fingerprint density at radius 3 is 2.38 bits per heavy atom. The third kappa shape index (κ3) is 5.33. The Labute approximate surface area is 165 Å². The molecule has 0 spiro atoms. The lowest BCUT2D eigenvalue weighted by Crippen LogP contribution is -3.16. The van der Waals surface area contributed by atoms with E-state index in [2.05, 4.69) is 12.2 Å². The summed E-state index contributed by atoms with van der Waals surface area (Å²) in [5.74, 6) is -0.126. The van der Waals surface area contributed by atoms with Gasteiger partial charge < -0.3 is 20.0 Å². The quantitative estimate of drug-likeness (QED) is 0.605. The highest BCUT2D eigenvalue weighted by atomic mass is 35.5. The maximum Gasteiger partial charge on any atom is 0.280 e. The van der Waals surface area contributed by atoms with Gasteiger partial charge in [0.2, 0.25) is 0 Å². The summed E-state index contributed by atoms with van der Waals surface area (Å²) in [7, 11) is 1.85. The average Bonchev–Trinajstić information content (AvgIpc) is 2.63. The van der Waals surface area contributed by atoms with Gasteiger partial charge in [-0.25, -0.2) is 0 Å². The van der Waals surface area contributed by atoms with Gasteiger partial charge in [0.1, 0.15) is 0 Å². The Morgan fingerprint density at radius 1 is 1.27 bits per heavy atom. The van der Waals surface area contributed by atoms with E-state index in [1.54, 1.807) is 18.2 Å². The van der Waals surface area contributed by atoms with Crippen molar-refractivity contribution >= 4 is 40.7 Å². The number of anilines is 1. The number of carbonyl (C=O) groups excluding carboxylic acids is 2. The van der Waals surface area contributed by atoms with E-state index in [9.17, 15) is 9.59 Å². The number of likely N-dealkylation sites (N-methyl/N-ethyl adjacent to an activating group) is 2. The van der Waals surface area contributed by atoms with Crippen molar-refractivity contribution in [2.24, 2.45) is 0 Å². The number of halogens is 2. The fraction of sp³-hybridized carbons (Fsp3) is 0.556. The van der Waals surface area contributed by atoms with Crippen molar-refractivity contribution in [1.29, 1.82) is 0 Å². The van der Waals surface area contributed by atoms with Crippen LogP contribution in [0.5, 0.6) is 0 Å². The van der Waals surface area contributed by atoms with Gasteiger partial charge >= 0.3 is 0 Å². The molecule has 1 aliphatic rings. The van der Waals surface area contributed by atoms with Gasteiger partial charge in [0.25, 0.3) is 11.8 Å². The molecule has 1 fully saturated rings. The number of amides is 2. The van der Waals surface area contributed by atoms with Crippen LogP contribution in [0, 0.1) is 0 Å². The van der Waals surface area contributed by atoms with Crippen molar-refractivity contribution in [3.05, 3.63) is 28.2 Å². The van der Waals surface area contributed by atoms with E-state index in [1.165, 1.54) is 4.90 Å². The third-order valence-electron chi connectivity index (χ3n) is 5.06. The summed E-state index contributed by atoms with van der Waals surface area (Å²) < 4.78 is 0. The van der Waals surface area contributed by atoms with E-state index < -0.39 is 0 Å². The van der Waals surface area contributed by atoms with Gasteiger partial charge in [0, 0.05) is 0 Å². The summed E-state index contributed by atoms with van der Waals surface area (Å²) in [6, 6.07) is 4.77. The molecule has 144 valence electrons. The highest BCUT2D eigenvalue weighted by Gasteiger charge is 2.31. The molecule has 1 aromatic rings. The summed E-state index contributed by atoms with van der Waals surface area (Å²) in [6.07, 6.45) is 0. The normalized spacial score (nSPS) is 17.7. The van der Waals surface area contributed by atoms with Crippen LogP contribution in [0.2, 0.25) is 10.0 Å². The Morgan fingerprint density at radius 2 is 1.85 bits per heavy atom. The molecule has 8 heteroatoms. The molecule has 0 aliphatic carbocycles. The number of nitrogens with one attached hydrogen (secondary N) is 3. The Kier molecular flexibility index (Phi) is 7.70. The number of hydrogen-bond donors (Lipinski definition) is 3. The molecule has 1 saturated heterocycles. The van der Waals surface area contributed by atoms with Crippen LogP contribution in [0.1, 0.15) is 13.8 Å². The molecule has 0 radical (unpaired) electrons. The lowest BCUT2D eigenvalue weighted by Gasteiger charge is -2.33. The van der Waals surface area contributed by atoms with Crippen LogP contribution in [0.3, 0.4) is 0 Å². The van der Waals surface area contributed by atoms with E-state index in [0.29, 0.717) is 15.7 Å². The molecule has 2 atom stereocenters. The molecule has 1 unspecified atom stereocenters. The summed E-state index contributed by atoms with van der Waals surface area (Å²) in [5, 5.41) is 3.53. The minimum absolute atomic E-state index is 0.0984. The molecule has 6 nitrogen and oxygen atoms in total. The van der Waals surface area contributed by atoms with E-state index >= 15 is 0 Å². The number of piperazine rings is 1. The Bertz CT molecular complexity index is 628. The van der Waals surface area contributed by atoms with Crippen LogP contribution < -0.4 is 15.1 Å². The highest BCUT2D eigenvalue weighted by molar-refractivity contribution is 6.39. The van der Waals surface area contributed by atoms with Crippen molar-refractivity contribution < 1.29 is 19.4 Å². The highest BCUT2D eigenvalue weighted by Crippen LogP contribution is 2.29. The van der Waals surface area contributed by atoms with Crippen LogP contribution >= 0.6 is 23.2 Å². The van der Waals surface area contributed by atoms with Gasteiger partial charge in [-0.05, 0) is 26.0 Å². The zero-order chi connectivity index (χ0) is 19.3. The molecule has 2 amide bonds. The summed E-state index contributed by atoms with van der Waals surface area (Å²) in [4.78, 5) is 29.3. The first-order chi connectivity index (χ1) is 12.3. The van der Waals surface area contributed by atoms with Gasteiger partial charge in [0.05, 0.1) is 55.5 Å². The van der Waals surface area contributed by atoms with E-state index in [-0.39, 0.29) is 24.4 Å². The number of benzene rings is 1. The first kappa shape index (κ1) is 21.0. The number of para-hydroxylation sites is 1. The Hall–Kier alpha value is -1.34. The number of hydrogen-bond acceptors (Lipinski definition) is 2. The van der Waals surface area contributed by atoms with Crippen molar-refractivity contribution in [3.8, 4) is 0 Å². The number of carbonyl (C=O) groups is 2. The maximum atomic E-state index is 12.7. The van der Waals surface area contributed by atoms with Gasteiger partial charge in [-0.1, -0.05) is 29.3 Å².